The summed E-state index contributed by atoms with van der Waals surface area (Å²) < 4.78 is 10.5. The maximum atomic E-state index is 13.8. The minimum atomic E-state index is -1.17. The van der Waals surface area contributed by atoms with E-state index >= 15 is 0 Å². The molecule has 378 valence electrons. The molecular weight excluding hydrogens is 837 g/mol. The van der Waals surface area contributed by atoms with E-state index in [9.17, 15) is 33.6 Å². The molecule has 0 bridgehead atoms. The largest absolute Gasteiger partial charge is 0.465 e. The summed E-state index contributed by atoms with van der Waals surface area (Å²) in [7, 11) is 0. The SMILES string of the molecule is CCCCCCCCCCCC(=O)NCCCCCCNC(=O)C(CCCCNC(=O)OC(C)(C)C)NC(=O)C(CCCCNC(=O)O)NC(=O)C(N)CCCCNC(=O)OC(C)(C)C. The van der Waals surface area contributed by atoms with Crippen molar-refractivity contribution in [2.75, 3.05) is 32.7 Å². The molecule has 3 unspecified atom stereocenters. The first-order chi connectivity index (χ1) is 30.7. The Labute approximate surface area is 390 Å². The van der Waals surface area contributed by atoms with E-state index in [-0.39, 0.29) is 37.6 Å². The van der Waals surface area contributed by atoms with Crippen molar-refractivity contribution in [3.05, 3.63) is 0 Å². The Morgan fingerprint density at radius 2 is 0.846 bits per heavy atom. The summed E-state index contributed by atoms with van der Waals surface area (Å²) in [5, 5.41) is 28.1. The second kappa shape index (κ2) is 36.8. The van der Waals surface area contributed by atoms with Gasteiger partial charge in [0.15, 0.2) is 0 Å². The average molecular weight is 927 g/mol. The lowest BCUT2D eigenvalue weighted by Crippen LogP contribution is -2.55. The predicted molar refractivity (Wildman–Crippen MR) is 254 cm³/mol. The van der Waals surface area contributed by atoms with Crippen molar-refractivity contribution in [1.29, 1.82) is 0 Å². The number of amides is 7. The van der Waals surface area contributed by atoms with E-state index in [1.807, 2.05) is 0 Å². The van der Waals surface area contributed by atoms with Crippen LogP contribution in [-0.4, -0.2) is 109 Å². The number of rotatable bonds is 37. The van der Waals surface area contributed by atoms with Gasteiger partial charge in [-0.25, -0.2) is 14.4 Å². The van der Waals surface area contributed by atoms with Gasteiger partial charge < -0.3 is 57.5 Å². The standard InChI is InChI=1S/C47H90N8O10/c1-8-9-10-11-12-13-14-15-18-30-39(56)49-31-22-16-17-23-32-50-41(58)37(28-21-26-35-53-45(63)65-47(5,6)7)55-42(59)38(29-20-25-33-51-43(60)61)54-40(57)36(48)27-19-24-34-52-44(62)64-46(2,3)4/h36-38,51H,8-35,48H2,1-7H3,(H,49,56)(H,50,58)(H,52,62)(H,53,63)(H,54,57)(H,55,59)(H,60,61). The highest BCUT2D eigenvalue weighted by molar-refractivity contribution is 5.93. The van der Waals surface area contributed by atoms with Gasteiger partial charge in [-0.2, -0.15) is 0 Å². The zero-order valence-electron chi connectivity index (χ0n) is 41.2. The van der Waals surface area contributed by atoms with Crippen LogP contribution in [0.2, 0.25) is 0 Å². The number of hydrogen-bond donors (Lipinski definition) is 9. The fourth-order valence-corrected chi connectivity index (χ4v) is 6.71. The van der Waals surface area contributed by atoms with Gasteiger partial charge in [-0.3, -0.25) is 19.2 Å². The number of carboxylic acid groups (broad SMARTS) is 1. The van der Waals surface area contributed by atoms with Crippen LogP contribution < -0.4 is 43.0 Å². The second-order valence-corrected chi connectivity index (χ2v) is 18.9. The highest BCUT2D eigenvalue weighted by Crippen LogP contribution is 2.12. The fourth-order valence-electron chi connectivity index (χ4n) is 6.71. The zero-order chi connectivity index (χ0) is 48.9. The lowest BCUT2D eigenvalue weighted by molar-refractivity contribution is -0.132. The molecule has 3 atom stereocenters. The Hall–Kier alpha value is -4.35. The smallest absolute Gasteiger partial charge is 0.407 e. The normalized spacial score (nSPS) is 12.8. The molecule has 0 aliphatic heterocycles. The van der Waals surface area contributed by atoms with Gasteiger partial charge in [-0.05, 0) is 119 Å². The van der Waals surface area contributed by atoms with Gasteiger partial charge in [0.1, 0.15) is 23.3 Å². The molecule has 0 saturated heterocycles. The molecule has 18 heteroatoms. The van der Waals surface area contributed by atoms with E-state index in [4.69, 9.17) is 20.3 Å². The number of ether oxygens (including phenoxy) is 2. The lowest BCUT2D eigenvalue weighted by Gasteiger charge is -2.24. The highest BCUT2D eigenvalue weighted by atomic mass is 16.6. The van der Waals surface area contributed by atoms with Crippen LogP contribution in [0.15, 0.2) is 0 Å². The number of nitrogens with one attached hydrogen (secondary N) is 7. The van der Waals surface area contributed by atoms with Crippen molar-refractivity contribution in [2.45, 2.75) is 225 Å². The fraction of sp³-hybridized carbons (Fsp3) is 0.851. The van der Waals surface area contributed by atoms with Crippen molar-refractivity contribution in [3.63, 3.8) is 0 Å². The van der Waals surface area contributed by atoms with Crippen molar-refractivity contribution in [1.82, 2.24) is 37.2 Å². The number of alkyl carbamates (subject to hydrolysis) is 2. The Kier molecular flexibility index (Phi) is 34.4. The van der Waals surface area contributed by atoms with Crippen LogP contribution in [0, 0.1) is 0 Å². The van der Waals surface area contributed by atoms with Gasteiger partial charge >= 0.3 is 18.3 Å². The lowest BCUT2D eigenvalue weighted by atomic mass is 10.0. The van der Waals surface area contributed by atoms with E-state index in [1.165, 1.54) is 44.9 Å². The third-order valence-corrected chi connectivity index (χ3v) is 10.2. The van der Waals surface area contributed by atoms with E-state index in [1.54, 1.807) is 41.5 Å². The minimum absolute atomic E-state index is 0.0929. The first-order valence-corrected chi connectivity index (χ1v) is 24.5. The molecule has 0 aromatic carbocycles. The van der Waals surface area contributed by atoms with Crippen molar-refractivity contribution in [3.8, 4) is 0 Å². The molecule has 0 aliphatic carbocycles. The quantitative estimate of drug-likeness (QED) is 0.0292. The molecule has 0 spiro atoms. The molecule has 0 radical (unpaired) electrons. The summed E-state index contributed by atoms with van der Waals surface area (Å²) in [6, 6.07) is -2.94. The Morgan fingerprint density at radius 3 is 1.34 bits per heavy atom. The molecule has 0 heterocycles. The number of hydrogen-bond acceptors (Lipinski definition) is 10. The molecule has 0 rings (SSSR count). The van der Waals surface area contributed by atoms with Crippen LogP contribution in [0.3, 0.4) is 0 Å². The van der Waals surface area contributed by atoms with Crippen LogP contribution in [0.4, 0.5) is 14.4 Å². The topological polar surface area (TPSA) is 268 Å². The molecule has 0 aliphatic rings. The number of nitrogens with two attached hydrogens (primary N) is 1. The molecular formula is C47H90N8O10. The summed E-state index contributed by atoms with van der Waals surface area (Å²) in [6.45, 7) is 14.6. The highest BCUT2D eigenvalue weighted by Gasteiger charge is 2.28. The van der Waals surface area contributed by atoms with Crippen molar-refractivity contribution in [2.24, 2.45) is 5.73 Å². The number of carbonyl (C=O) groups is 7. The average Bonchev–Trinajstić information content (AvgIpc) is 3.21. The van der Waals surface area contributed by atoms with Gasteiger partial charge in [0, 0.05) is 39.1 Å². The summed E-state index contributed by atoms with van der Waals surface area (Å²) in [5.74, 6) is -1.42. The van der Waals surface area contributed by atoms with Gasteiger partial charge in [0.25, 0.3) is 0 Å². The van der Waals surface area contributed by atoms with Gasteiger partial charge in [0.05, 0.1) is 6.04 Å². The molecule has 10 N–H and O–H groups in total. The molecule has 7 amide bonds. The van der Waals surface area contributed by atoms with Gasteiger partial charge in [-0.15, -0.1) is 0 Å². The van der Waals surface area contributed by atoms with E-state index in [0.29, 0.717) is 77.5 Å². The molecule has 0 saturated carbocycles. The van der Waals surface area contributed by atoms with Crippen molar-refractivity contribution < 1.29 is 48.1 Å². The molecule has 0 aromatic heterocycles. The molecule has 65 heavy (non-hydrogen) atoms. The Bertz CT molecular complexity index is 1350. The molecule has 0 fully saturated rings. The summed E-state index contributed by atoms with van der Waals surface area (Å²) in [4.78, 5) is 87.8. The maximum absolute atomic E-state index is 13.8. The van der Waals surface area contributed by atoms with Crippen LogP contribution in [0.25, 0.3) is 0 Å². The minimum Gasteiger partial charge on any atom is -0.465 e. The van der Waals surface area contributed by atoms with E-state index in [0.717, 1.165) is 32.1 Å². The van der Waals surface area contributed by atoms with Crippen LogP contribution in [0.5, 0.6) is 0 Å². The third kappa shape index (κ3) is 38.6. The zero-order valence-corrected chi connectivity index (χ0v) is 41.2. The van der Waals surface area contributed by atoms with E-state index < -0.39 is 59.4 Å². The van der Waals surface area contributed by atoms with Crippen molar-refractivity contribution >= 4 is 41.9 Å². The van der Waals surface area contributed by atoms with E-state index in [2.05, 4.69) is 44.1 Å². The third-order valence-electron chi connectivity index (χ3n) is 10.2. The van der Waals surface area contributed by atoms with Gasteiger partial charge in [0.2, 0.25) is 23.6 Å². The monoisotopic (exact) mass is 927 g/mol. The molecule has 18 nitrogen and oxygen atoms in total. The predicted octanol–water partition coefficient (Wildman–Crippen LogP) is 6.82. The van der Waals surface area contributed by atoms with Gasteiger partial charge in [-0.1, -0.05) is 71.1 Å². The Morgan fingerprint density at radius 1 is 0.462 bits per heavy atom. The number of unbranched alkanes of at least 4 members (excludes halogenated alkanes) is 14. The summed E-state index contributed by atoms with van der Waals surface area (Å²) >= 11 is 0. The first-order valence-electron chi connectivity index (χ1n) is 24.5. The second-order valence-electron chi connectivity index (χ2n) is 18.9. The van der Waals surface area contributed by atoms with Crippen LogP contribution >= 0.6 is 0 Å². The molecule has 0 aromatic rings. The number of carbonyl (C=O) groups excluding carboxylic acids is 6. The Balaban J connectivity index is 5.24. The first kappa shape index (κ1) is 60.6. The van der Waals surface area contributed by atoms with Crippen LogP contribution in [-0.2, 0) is 28.7 Å². The summed E-state index contributed by atoms with van der Waals surface area (Å²) in [5.41, 5.74) is 4.93. The summed E-state index contributed by atoms with van der Waals surface area (Å²) in [6.07, 6.45) is 16.0. The maximum Gasteiger partial charge on any atom is 0.407 e. The van der Waals surface area contributed by atoms with Crippen LogP contribution in [0.1, 0.15) is 196 Å².